The molecule has 0 spiro atoms. The minimum Gasteiger partial charge on any atom is -0.494 e. The summed E-state index contributed by atoms with van der Waals surface area (Å²) < 4.78 is 5.73. The summed E-state index contributed by atoms with van der Waals surface area (Å²) >= 11 is 0. The zero-order chi connectivity index (χ0) is 16.0. The van der Waals surface area contributed by atoms with Gasteiger partial charge in [-0.2, -0.15) is 0 Å². The van der Waals surface area contributed by atoms with Crippen molar-refractivity contribution in [2.45, 2.75) is 39.0 Å². The number of carbonyl (C=O) groups excluding carboxylic acids is 1. The van der Waals surface area contributed by atoms with Crippen LogP contribution in [0, 0.1) is 0 Å². The zero-order valence-electron chi connectivity index (χ0n) is 14.4. The number of hydrogen-bond donors (Lipinski definition) is 1. The van der Waals surface area contributed by atoms with E-state index in [9.17, 15) is 4.79 Å². The maximum Gasteiger partial charge on any atom is 0.222 e. The molecule has 0 atom stereocenters. The van der Waals surface area contributed by atoms with Crippen LogP contribution in [0.25, 0.3) is 0 Å². The van der Waals surface area contributed by atoms with Crippen LogP contribution in [-0.2, 0) is 10.2 Å². The Labute approximate surface area is 146 Å². The molecule has 1 aliphatic heterocycles. The van der Waals surface area contributed by atoms with Gasteiger partial charge in [-0.25, -0.2) is 0 Å². The number of ether oxygens (including phenoxy) is 1. The Balaban J connectivity index is 0.00000264. The van der Waals surface area contributed by atoms with E-state index >= 15 is 0 Å². The van der Waals surface area contributed by atoms with E-state index in [1.165, 1.54) is 5.56 Å². The minimum absolute atomic E-state index is 0. The number of amides is 1. The molecule has 4 nitrogen and oxygen atoms in total. The Bertz CT molecular complexity index is 477. The van der Waals surface area contributed by atoms with Gasteiger partial charge >= 0.3 is 0 Å². The van der Waals surface area contributed by atoms with E-state index in [-0.39, 0.29) is 23.7 Å². The maximum atomic E-state index is 12.0. The first-order valence-electron chi connectivity index (χ1n) is 8.19. The summed E-state index contributed by atoms with van der Waals surface area (Å²) in [5.74, 6) is 1.12. The number of hydrogen-bond acceptors (Lipinski definition) is 3. The first kappa shape index (κ1) is 19.8. The predicted octanol–water partition coefficient (Wildman–Crippen LogP) is 3.00. The van der Waals surface area contributed by atoms with Gasteiger partial charge in [-0.3, -0.25) is 4.79 Å². The van der Waals surface area contributed by atoms with Crippen molar-refractivity contribution in [3.05, 3.63) is 29.8 Å². The van der Waals surface area contributed by atoms with Crippen molar-refractivity contribution >= 4 is 18.3 Å². The summed E-state index contributed by atoms with van der Waals surface area (Å²) in [4.78, 5) is 13.9. The number of benzene rings is 1. The summed E-state index contributed by atoms with van der Waals surface area (Å²) in [5, 5.41) is 3.25. The topological polar surface area (TPSA) is 41.6 Å². The lowest BCUT2D eigenvalue weighted by Gasteiger charge is -2.27. The van der Waals surface area contributed by atoms with Crippen molar-refractivity contribution in [1.82, 2.24) is 10.2 Å². The van der Waals surface area contributed by atoms with E-state index in [4.69, 9.17) is 4.74 Å². The molecule has 1 N–H and O–H groups in total. The van der Waals surface area contributed by atoms with Gasteiger partial charge < -0.3 is 15.0 Å². The second-order valence-corrected chi connectivity index (χ2v) is 6.86. The van der Waals surface area contributed by atoms with Crippen LogP contribution in [0.2, 0.25) is 0 Å². The van der Waals surface area contributed by atoms with Crippen LogP contribution in [0.4, 0.5) is 0 Å². The van der Waals surface area contributed by atoms with Crippen LogP contribution in [0.1, 0.15) is 39.2 Å². The van der Waals surface area contributed by atoms with Crippen molar-refractivity contribution in [3.63, 3.8) is 0 Å². The molecule has 2 rings (SSSR count). The fourth-order valence-electron chi connectivity index (χ4n) is 2.54. The number of nitrogens with one attached hydrogen (secondary N) is 1. The van der Waals surface area contributed by atoms with Gasteiger partial charge in [0.05, 0.1) is 6.61 Å². The molecule has 0 radical (unpaired) electrons. The standard InChI is InChI=1S/C18H28N2O2.ClH/c1-18(2,3)15-6-8-16(9-7-15)22-14-4-5-17(21)20-12-10-19-11-13-20;/h6-9,19H,4-5,10-14H2,1-3H3;1H. The lowest BCUT2D eigenvalue weighted by molar-refractivity contribution is -0.132. The Morgan fingerprint density at radius 3 is 2.35 bits per heavy atom. The first-order valence-corrected chi connectivity index (χ1v) is 8.19. The summed E-state index contributed by atoms with van der Waals surface area (Å²) in [6, 6.07) is 8.25. The molecular formula is C18H29ClN2O2. The van der Waals surface area contributed by atoms with Gasteiger partial charge in [-0.05, 0) is 29.5 Å². The summed E-state index contributed by atoms with van der Waals surface area (Å²) in [6.07, 6.45) is 1.34. The maximum absolute atomic E-state index is 12.0. The van der Waals surface area contributed by atoms with Gasteiger partial charge in [0.2, 0.25) is 5.91 Å². The van der Waals surface area contributed by atoms with Crippen LogP contribution < -0.4 is 10.1 Å². The molecule has 0 aromatic heterocycles. The largest absolute Gasteiger partial charge is 0.494 e. The van der Waals surface area contributed by atoms with Crippen molar-refractivity contribution in [2.24, 2.45) is 0 Å². The predicted molar refractivity (Wildman–Crippen MR) is 96.6 cm³/mol. The number of carbonyl (C=O) groups is 1. The smallest absolute Gasteiger partial charge is 0.222 e. The molecule has 5 heteroatoms. The molecule has 1 saturated heterocycles. The monoisotopic (exact) mass is 340 g/mol. The number of nitrogens with zero attached hydrogens (tertiary/aromatic N) is 1. The third-order valence-electron chi connectivity index (χ3n) is 3.99. The van der Waals surface area contributed by atoms with Crippen LogP contribution in [0.3, 0.4) is 0 Å². The van der Waals surface area contributed by atoms with Gasteiger partial charge in [0, 0.05) is 32.6 Å². The molecule has 1 amide bonds. The van der Waals surface area contributed by atoms with Gasteiger partial charge in [0.25, 0.3) is 0 Å². The zero-order valence-corrected chi connectivity index (χ0v) is 15.2. The summed E-state index contributed by atoms with van der Waals surface area (Å²) in [6.45, 7) is 10.7. The van der Waals surface area contributed by atoms with Gasteiger partial charge in [0.1, 0.15) is 5.75 Å². The molecule has 23 heavy (non-hydrogen) atoms. The van der Waals surface area contributed by atoms with Crippen molar-refractivity contribution in [1.29, 1.82) is 0 Å². The minimum atomic E-state index is 0. The van der Waals surface area contributed by atoms with Crippen LogP contribution in [-0.4, -0.2) is 43.6 Å². The molecule has 0 unspecified atom stereocenters. The molecule has 1 aromatic carbocycles. The van der Waals surface area contributed by atoms with Crippen LogP contribution in [0.5, 0.6) is 5.75 Å². The highest BCUT2D eigenvalue weighted by atomic mass is 35.5. The number of piperazine rings is 1. The molecule has 1 aliphatic rings. The van der Waals surface area contributed by atoms with Gasteiger partial charge in [-0.1, -0.05) is 32.9 Å². The lowest BCUT2D eigenvalue weighted by Crippen LogP contribution is -2.46. The summed E-state index contributed by atoms with van der Waals surface area (Å²) in [7, 11) is 0. The Hall–Kier alpha value is -1.26. The van der Waals surface area contributed by atoms with E-state index in [1.807, 2.05) is 17.0 Å². The molecular weight excluding hydrogens is 312 g/mol. The summed E-state index contributed by atoms with van der Waals surface area (Å²) in [5.41, 5.74) is 1.46. The SMILES string of the molecule is CC(C)(C)c1ccc(OCCCC(=O)N2CCNCC2)cc1.Cl. The first-order chi connectivity index (χ1) is 10.5. The molecule has 1 heterocycles. The van der Waals surface area contributed by atoms with Crippen molar-refractivity contribution in [3.8, 4) is 5.75 Å². The average Bonchev–Trinajstić information content (AvgIpc) is 2.52. The normalized spacial score (nSPS) is 15.0. The number of halogens is 1. The van der Waals surface area contributed by atoms with Crippen LogP contribution >= 0.6 is 12.4 Å². The van der Waals surface area contributed by atoms with E-state index in [1.54, 1.807) is 0 Å². The third kappa shape index (κ3) is 6.40. The van der Waals surface area contributed by atoms with Gasteiger partial charge in [0.15, 0.2) is 0 Å². The fraction of sp³-hybridized carbons (Fsp3) is 0.611. The molecule has 0 aliphatic carbocycles. The van der Waals surface area contributed by atoms with E-state index in [0.717, 1.165) is 38.3 Å². The van der Waals surface area contributed by atoms with Crippen LogP contribution in [0.15, 0.2) is 24.3 Å². The quantitative estimate of drug-likeness (QED) is 0.838. The fourth-order valence-corrected chi connectivity index (χ4v) is 2.54. The second kappa shape index (κ2) is 9.14. The van der Waals surface area contributed by atoms with E-state index in [0.29, 0.717) is 13.0 Å². The molecule has 1 aromatic rings. The Morgan fingerprint density at radius 1 is 1.17 bits per heavy atom. The molecule has 130 valence electrons. The van der Waals surface area contributed by atoms with E-state index < -0.39 is 0 Å². The highest BCUT2D eigenvalue weighted by Crippen LogP contribution is 2.24. The highest BCUT2D eigenvalue weighted by Gasteiger charge is 2.15. The molecule has 0 saturated carbocycles. The number of rotatable bonds is 5. The highest BCUT2D eigenvalue weighted by molar-refractivity contribution is 5.85. The van der Waals surface area contributed by atoms with Crippen molar-refractivity contribution < 1.29 is 9.53 Å². The molecule has 0 bridgehead atoms. The second-order valence-electron chi connectivity index (χ2n) is 6.86. The molecule has 1 fully saturated rings. The van der Waals surface area contributed by atoms with E-state index in [2.05, 4.69) is 38.2 Å². The Morgan fingerprint density at radius 2 is 1.78 bits per heavy atom. The Kier molecular flexibility index (Phi) is 7.86. The van der Waals surface area contributed by atoms with Crippen molar-refractivity contribution in [2.75, 3.05) is 32.8 Å². The third-order valence-corrected chi connectivity index (χ3v) is 3.99. The lowest BCUT2D eigenvalue weighted by atomic mass is 9.87. The average molecular weight is 341 g/mol. The van der Waals surface area contributed by atoms with Gasteiger partial charge in [-0.15, -0.1) is 12.4 Å².